The van der Waals surface area contributed by atoms with Gasteiger partial charge in [0.25, 0.3) is 0 Å². The maximum absolute atomic E-state index is 4.22. The summed E-state index contributed by atoms with van der Waals surface area (Å²) in [6.45, 7) is 8.07. The Morgan fingerprint density at radius 1 is 1.78 bits per heavy atom. The number of rotatable bonds is 1. The summed E-state index contributed by atoms with van der Waals surface area (Å²) in [5, 5.41) is 0.532. The third-order valence-electron chi connectivity index (χ3n) is 1.43. The van der Waals surface area contributed by atoms with Crippen LogP contribution < -0.4 is 0 Å². The van der Waals surface area contributed by atoms with Crippen LogP contribution in [0.2, 0.25) is 0 Å². The van der Waals surface area contributed by atoms with Gasteiger partial charge < -0.3 is 0 Å². The van der Waals surface area contributed by atoms with E-state index in [1.165, 1.54) is 5.57 Å². The molecule has 1 aliphatic heterocycles. The molecule has 0 saturated carbocycles. The van der Waals surface area contributed by atoms with Crippen molar-refractivity contribution in [2.24, 2.45) is 4.99 Å². The highest BCUT2D eigenvalue weighted by atomic mass is 32.2. The smallest absolute Gasteiger partial charge is 0.0637 e. The lowest BCUT2D eigenvalue weighted by atomic mass is 10.1. The van der Waals surface area contributed by atoms with E-state index in [0.29, 0.717) is 11.3 Å². The van der Waals surface area contributed by atoms with Crippen molar-refractivity contribution in [2.75, 3.05) is 0 Å². The van der Waals surface area contributed by atoms with Gasteiger partial charge in [-0.15, -0.1) is 11.8 Å². The molecule has 0 amide bonds. The van der Waals surface area contributed by atoms with Crippen LogP contribution in [0.4, 0.5) is 0 Å². The molecule has 0 radical (unpaired) electrons. The average molecular weight is 141 g/mol. The Morgan fingerprint density at radius 3 is 2.67 bits per heavy atom. The lowest BCUT2D eigenvalue weighted by Crippen LogP contribution is -2.13. The van der Waals surface area contributed by atoms with Crippen LogP contribution in [-0.4, -0.2) is 16.8 Å². The fourth-order valence-corrected chi connectivity index (χ4v) is 1.84. The van der Waals surface area contributed by atoms with Crippen molar-refractivity contribution in [2.45, 2.75) is 25.1 Å². The molecule has 2 atom stereocenters. The van der Waals surface area contributed by atoms with E-state index in [1.54, 1.807) is 11.8 Å². The van der Waals surface area contributed by atoms with E-state index in [0.717, 1.165) is 0 Å². The quantitative estimate of drug-likeness (QED) is 0.509. The van der Waals surface area contributed by atoms with Gasteiger partial charge in [0.15, 0.2) is 0 Å². The highest BCUT2D eigenvalue weighted by Gasteiger charge is 2.20. The van der Waals surface area contributed by atoms with Gasteiger partial charge in [0.05, 0.1) is 16.8 Å². The molecule has 9 heavy (non-hydrogen) atoms. The van der Waals surface area contributed by atoms with Crippen molar-refractivity contribution < 1.29 is 0 Å². The van der Waals surface area contributed by atoms with Crippen LogP contribution in [0, 0.1) is 0 Å². The minimum absolute atomic E-state index is 0.437. The zero-order chi connectivity index (χ0) is 6.85. The molecule has 0 aromatic rings. The summed E-state index contributed by atoms with van der Waals surface area (Å²) in [4.78, 5) is 4.22. The van der Waals surface area contributed by atoms with Crippen LogP contribution in [0.3, 0.4) is 0 Å². The van der Waals surface area contributed by atoms with Crippen molar-refractivity contribution in [3.05, 3.63) is 12.2 Å². The average Bonchev–Trinajstić information content (AvgIpc) is 2.13. The summed E-state index contributed by atoms with van der Waals surface area (Å²) in [6, 6.07) is 0.437. The Kier molecular flexibility index (Phi) is 1.96. The van der Waals surface area contributed by atoms with Gasteiger partial charge >= 0.3 is 0 Å². The number of hydrogen-bond donors (Lipinski definition) is 0. The molecule has 0 aromatic carbocycles. The fourth-order valence-electron chi connectivity index (χ4n) is 0.916. The molecule has 0 N–H and O–H groups in total. The molecule has 0 aliphatic carbocycles. The molecule has 2 heteroatoms. The summed E-state index contributed by atoms with van der Waals surface area (Å²) in [7, 11) is 0. The van der Waals surface area contributed by atoms with E-state index in [-0.39, 0.29) is 0 Å². The van der Waals surface area contributed by atoms with E-state index in [2.05, 4.69) is 25.4 Å². The van der Waals surface area contributed by atoms with E-state index in [9.17, 15) is 0 Å². The maximum Gasteiger partial charge on any atom is 0.0637 e. The van der Waals surface area contributed by atoms with E-state index in [1.807, 2.05) is 5.55 Å². The van der Waals surface area contributed by atoms with Crippen LogP contribution in [-0.2, 0) is 0 Å². The predicted octanol–water partition coefficient (Wildman–Crippen LogP) is 2.09. The first kappa shape index (κ1) is 6.87. The summed E-state index contributed by atoms with van der Waals surface area (Å²) in [6.07, 6.45) is 0. The summed E-state index contributed by atoms with van der Waals surface area (Å²) >= 11 is 1.77. The standard InChI is InChI=1S/C7H11NS/c1-5(2)7-6(3)8-4-9-7/h4,6-7H,1H2,2-3H3. The van der Waals surface area contributed by atoms with Gasteiger partial charge in [0, 0.05) is 0 Å². The molecule has 0 fully saturated rings. The van der Waals surface area contributed by atoms with Crippen molar-refractivity contribution in [3.8, 4) is 0 Å². The summed E-state index contributed by atoms with van der Waals surface area (Å²) in [5.74, 6) is 0. The third kappa shape index (κ3) is 1.36. The van der Waals surface area contributed by atoms with Crippen molar-refractivity contribution >= 4 is 17.3 Å². The molecule has 0 spiro atoms. The van der Waals surface area contributed by atoms with Crippen molar-refractivity contribution in [1.82, 2.24) is 0 Å². The minimum Gasteiger partial charge on any atom is -0.282 e. The Labute approximate surface area is 60.3 Å². The Balaban J connectivity index is 2.55. The molecule has 1 nitrogen and oxygen atoms in total. The molecule has 0 aromatic heterocycles. The number of nitrogens with zero attached hydrogens (tertiary/aromatic N) is 1. The van der Waals surface area contributed by atoms with Gasteiger partial charge in [0.1, 0.15) is 0 Å². The maximum atomic E-state index is 4.22. The van der Waals surface area contributed by atoms with Crippen LogP contribution in [0.5, 0.6) is 0 Å². The Morgan fingerprint density at radius 2 is 2.44 bits per heavy atom. The van der Waals surface area contributed by atoms with Crippen molar-refractivity contribution in [1.29, 1.82) is 0 Å². The normalized spacial score (nSPS) is 33.1. The number of aliphatic imine (C=N–C) groups is 1. The van der Waals surface area contributed by atoms with E-state index >= 15 is 0 Å². The lowest BCUT2D eigenvalue weighted by molar-refractivity contribution is 0.768. The second-order valence-corrected chi connectivity index (χ2v) is 3.39. The lowest BCUT2D eigenvalue weighted by Gasteiger charge is -2.11. The van der Waals surface area contributed by atoms with E-state index < -0.39 is 0 Å². The van der Waals surface area contributed by atoms with Gasteiger partial charge in [-0.25, -0.2) is 0 Å². The molecule has 2 unspecified atom stereocenters. The molecule has 1 heterocycles. The number of thioether (sulfide) groups is 1. The zero-order valence-corrected chi connectivity index (χ0v) is 6.61. The topological polar surface area (TPSA) is 12.4 Å². The second-order valence-electron chi connectivity index (χ2n) is 2.40. The predicted molar refractivity (Wildman–Crippen MR) is 44.1 cm³/mol. The SMILES string of the molecule is C=C(C)C1SC=NC1C. The van der Waals surface area contributed by atoms with Crippen LogP contribution in [0.25, 0.3) is 0 Å². The summed E-state index contributed by atoms with van der Waals surface area (Å²) < 4.78 is 0. The fraction of sp³-hybridized carbons (Fsp3) is 0.571. The van der Waals surface area contributed by atoms with Gasteiger partial charge in [-0.2, -0.15) is 0 Å². The van der Waals surface area contributed by atoms with Crippen LogP contribution >= 0.6 is 11.8 Å². The van der Waals surface area contributed by atoms with Gasteiger partial charge in [0.2, 0.25) is 0 Å². The minimum atomic E-state index is 0.437. The van der Waals surface area contributed by atoms with Gasteiger partial charge in [-0.1, -0.05) is 12.2 Å². The van der Waals surface area contributed by atoms with Crippen molar-refractivity contribution in [3.63, 3.8) is 0 Å². The molecule has 0 saturated heterocycles. The Bertz CT molecular complexity index is 151. The summed E-state index contributed by atoms with van der Waals surface area (Å²) in [5.41, 5.74) is 3.15. The highest BCUT2D eigenvalue weighted by Crippen LogP contribution is 2.26. The number of hydrogen-bond acceptors (Lipinski definition) is 2. The molecular formula is C7H11NS. The van der Waals surface area contributed by atoms with E-state index in [4.69, 9.17) is 0 Å². The second kappa shape index (κ2) is 2.56. The monoisotopic (exact) mass is 141 g/mol. The molecule has 1 aliphatic rings. The largest absolute Gasteiger partial charge is 0.282 e. The molecule has 50 valence electrons. The van der Waals surface area contributed by atoms with Gasteiger partial charge in [-0.05, 0) is 13.8 Å². The first-order valence-electron chi connectivity index (χ1n) is 3.04. The molecule has 1 rings (SSSR count). The molecular weight excluding hydrogens is 130 g/mol. The molecule has 0 bridgehead atoms. The Hall–Kier alpha value is -0.240. The van der Waals surface area contributed by atoms with Crippen LogP contribution in [0.15, 0.2) is 17.1 Å². The highest BCUT2D eigenvalue weighted by molar-refractivity contribution is 8.13. The third-order valence-corrected chi connectivity index (χ3v) is 2.76. The first-order chi connectivity index (χ1) is 4.22. The first-order valence-corrected chi connectivity index (χ1v) is 3.98. The zero-order valence-electron chi connectivity index (χ0n) is 5.79. The van der Waals surface area contributed by atoms with Crippen LogP contribution in [0.1, 0.15) is 13.8 Å². The van der Waals surface area contributed by atoms with Gasteiger partial charge in [-0.3, -0.25) is 4.99 Å².